The molecule has 0 heterocycles. The zero-order valence-corrected chi connectivity index (χ0v) is 6.88. The summed E-state index contributed by atoms with van der Waals surface area (Å²) in [6.07, 6.45) is 0. The quantitative estimate of drug-likeness (QED) is 0.387. The van der Waals surface area contributed by atoms with E-state index in [9.17, 15) is 4.79 Å². The largest absolute Gasteiger partial charge is 1.00 e. The number of carboxylic acids is 1. The minimum Gasteiger partial charge on any atom is -1.00 e. The molecule has 0 aromatic rings. The summed E-state index contributed by atoms with van der Waals surface area (Å²) in [7, 11) is 0. The van der Waals surface area contributed by atoms with Crippen LogP contribution in [0.1, 0.15) is 8.35 Å². The molecular formula is C4H6NNaO2. The number of nitrogens with zero attached hydrogens (tertiary/aromatic N) is 1. The zero-order valence-electron chi connectivity index (χ0n) is 5.88. The van der Waals surface area contributed by atoms with E-state index in [0.717, 1.165) is 0 Å². The van der Waals surface area contributed by atoms with E-state index in [1.165, 1.54) is 6.92 Å². The number of hydrogen-bond donors (Lipinski definition) is 1. The Balaban J connectivity index is -0.000000180. The van der Waals surface area contributed by atoms with Crippen LogP contribution in [0.5, 0.6) is 0 Å². The van der Waals surface area contributed by atoms with Crippen molar-refractivity contribution in [3.05, 3.63) is 0 Å². The Labute approximate surface area is 71.1 Å². The number of rotatable bonds is 1. The molecule has 0 aliphatic rings. The van der Waals surface area contributed by atoms with Crippen LogP contribution in [-0.4, -0.2) is 11.1 Å². The SMILES string of the molecule is CC(C#N)C(=O)O.[H-].[Na+]. The first-order valence-corrected chi connectivity index (χ1v) is 1.81. The molecule has 0 radical (unpaired) electrons. The van der Waals surface area contributed by atoms with Gasteiger partial charge in [-0.3, -0.25) is 4.79 Å². The first-order chi connectivity index (χ1) is 3.18. The van der Waals surface area contributed by atoms with E-state index >= 15 is 0 Å². The van der Waals surface area contributed by atoms with Crippen LogP contribution in [0.3, 0.4) is 0 Å². The van der Waals surface area contributed by atoms with Gasteiger partial charge in [0.15, 0.2) is 0 Å². The van der Waals surface area contributed by atoms with Gasteiger partial charge < -0.3 is 6.53 Å². The first kappa shape index (κ1) is 10.9. The molecule has 0 saturated carbocycles. The maximum Gasteiger partial charge on any atom is 1.00 e. The molecule has 0 bridgehead atoms. The van der Waals surface area contributed by atoms with Crippen LogP contribution in [0.15, 0.2) is 0 Å². The van der Waals surface area contributed by atoms with E-state index < -0.39 is 11.9 Å². The molecule has 0 aromatic carbocycles. The van der Waals surface area contributed by atoms with Gasteiger partial charge in [-0.15, -0.1) is 0 Å². The predicted molar refractivity (Wildman–Crippen MR) is 23.5 cm³/mol. The first-order valence-electron chi connectivity index (χ1n) is 1.81. The Bertz CT molecular complexity index is 122. The van der Waals surface area contributed by atoms with Crippen molar-refractivity contribution in [1.29, 1.82) is 5.26 Å². The van der Waals surface area contributed by atoms with Crippen LogP contribution < -0.4 is 29.6 Å². The smallest absolute Gasteiger partial charge is 1.00 e. The van der Waals surface area contributed by atoms with Crippen molar-refractivity contribution in [1.82, 2.24) is 0 Å². The maximum atomic E-state index is 9.71. The average molecular weight is 123 g/mol. The molecule has 0 aliphatic carbocycles. The van der Waals surface area contributed by atoms with Crippen LogP contribution >= 0.6 is 0 Å². The molecular weight excluding hydrogens is 117 g/mol. The van der Waals surface area contributed by atoms with Crippen LogP contribution in [0.4, 0.5) is 0 Å². The summed E-state index contributed by atoms with van der Waals surface area (Å²) < 4.78 is 0. The van der Waals surface area contributed by atoms with Crippen LogP contribution in [0, 0.1) is 17.2 Å². The van der Waals surface area contributed by atoms with Gasteiger partial charge in [-0.25, -0.2) is 0 Å². The summed E-state index contributed by atoms with van der Waals surface area (Å²) in [5.41, 5.74) is 0. The molecule has 8 heavy (non-hydrogen) atoms. The molecule has 0 aromatic heterocycles. The molecule has 1 N–H and O–H groups in total. The minimum absolute atomic E-state index is 0. The fourth-order valence-corrected chi connectivity index (χ4v) is 0.0552. The number of carbonyl (C=O) groups is 1. The van der Waals surface area contributed by atoms with Crippen molar-refractivity contribution in [2.24, 2.45) is 5.92 Å². The van der Waals surface area contributed by atoms with Gasteiger partial charge in [-0.05, 0) is 6.92 Å². The number of carboxylic acid groups (broad SMARTS) is 1. The third-order valence-corrected chi connectivity index (χ3v) is 0.564. The van der Waals surface area contributed by atoms with E-state index in [1.54, 1.807) is 6.07 Å². The van der Waals surface area contributed by atoms with Gasteiger partial charge in [0.1, 0.15) is 5.92 Å². The second-order valence-corrected chi connectivity index (χ2v) is 1.19. The molecule has 1 unspecified atom stereocenters. The predicted octanol–water partition coefficient (Wildman–Crippen LogP) is -2.65. The van der Waals surface area contributed by atoms with Crippen LogP contribution in [-0.2, 0) is 4.79 Å². The zero-order chi connectivity index (χ0) is 5.86. The molecule has 0 fully saturated rings. The molecule has 0 aliphatic heterocycles. The van der Waals surface area contributed by atoms with Crippen molar-refractivity contribution in [3.8, 4) is 6.07 Å². The van der Waals surface area contributed by atoms with E-state index in [-0.39, 0.29) is 31.0 Å². The summed E-state index contributed by atoms with van der Waals surface area (Å²) in [6, 6.07) is 1.56. The van der Waals surface area contributed by atoms with Crippen molar-refractivity contribution in [2.45, 2.75) is 6.92 Å². The Morgan fingerprint density at radius 2 is 2.38 bits per heavy atom. The summed E-state index contributed by atoms with van der Waals surface area (Å²) in [4.78, 5) is 9.71. The molecule has 0 spiro atoms. The van der Waals surface area contributed by atoms with Gasteiger partial charge in [0.05, 0.1) is 6.07 Å². The summed E-state index contributed by atoms with van der Waals surface area (Å²) in [6.45, 7) is 1.34. The summed E-state index contributed by atoms with van der Waals surface area (Å²) >= 11 is 0. The molecule has 0 saturated heterocycles. The normalized spacial score (nSPS) is 10.5. The van der Waals surface area contributed by atoms with E-state index in [4.69, 9.17) is 10.4 Å². The summed E-state index contributed by atoms with van der Waals surface area (Å²) in [5.74, 6) is -1.94. The average Bonchev–Trinajstić information content (AvgIpc) is 1.65. The number of hydrogen-bond acceptors (Lipinski definition) is 2. The summed E-state index contributed by atoms with van der Waals surface area (Å²) in [5, 5.41) is 15.8. The van der Waals surface area contributed by atoms with E-state index in [0.29, 0.717) is 0 Å². The minimum atomic E-state index is -1.07. The van der Waals surface area contributed by atoms with Crippen molar-refractivity contribution >= 4 is 5.97 Å². The Kier molecular flexibility index (Phi) is 6.93. The van der Waals surface area contributed by atoms with Gasteiger partial charge >= 0.3 is 35.5 Å². The third kappa shape index (κ3) is 4.13. The Hall–Kier alpha value is -0.0400. The Morgan fingerprint density at radius 1 is 2.00 bits per heavy atom. The Morgan fingerprint density at radius 3 is 2.38 bits per heavy atom. The van der Waals surface area contributed by atoms with E-state index in [2.05, 4.69) is 0 Å². The van der Waals surface area contributed by atoms with Gasteiger partial charge in [0.2, 0.25) is 0 Å². The maximum absolute atomic E-state index is 9.71. The van der Waals surface area contributed by atoms with Gasteiger partial charge in [0.25, 0.3) is 0 Å². The molecule has 0 amide bonds. The molecule has 3 nitrogen and oxygen atoms in total. The van der Waals surface area contributed by atoms with Crippen LogP contribution in [0.2, 0.25) is 0 Å². The molecule has 4 heteroatoms. The topological polar surface area (TPSA) is 61.1 Å². The van der Waals surface area contributed by atoms with E-state index in [1.807, 2.05) is 0 Å². The van der Waals surface area contributed by atoms with Gasteiger partial charge in [-0.1, -0.05) is 0 Å². The van der Waals surface area contributed by atoms with Crippen molar-refractivity contribution in [2.75, 3.05) is 0 Å². The second-order valence-electron chi connectivity index (χ2n) is 1.19. The third-order valence-electron chi connectivity index (χ3n) is 0.564. The number of aliphatic carboxylic acids is 1. The van der Waals surface area contributed by atoms with Crippen molar-refractivity contribution in [3.63, 3.8) is 0 Å². The standard InChI is InChI=1S/C4H5NO2.Na.H/c1-3(2-5)4(6)7;;/h3H,1H3,(H,6,7);;/q;+1;-1. The second kappa shape index (κ2) is 5.10. The number of nitriles is 1. The van der Waals surface area contributed by atoms with Gasteiger partial charge in [-0.2, -0.15) is 5.26 Å². The monoisotopic (exact) mass is 123 g/mol. The molecule has 40 valence electrons. The van der Waals surface area contributed by atoms with Crippen molar-refractivity contribution < 1.29 is 40.9 Å². The van der Waals surface area contributed by atoms with Gasteiger partial charge in [0, 0.05) is 0 Å². The fraction of sp³-hybridized carbons (Fsp3) is 0.500. The molecule has 1 atom stereocenters. The molecule has 0 rings (SSSR count). The fourth-order valence-electron chi connectivity index (χ4n) is 0.0552. The van der Waals surface area contributed by atoms with Crippen LogP contribution in [0.25, 0.3) is 0 Å².